The molecule has 0 saturated carbocycles. The molecule has 0 aliphatic carbocycles. The molecule has 1 aromatic rings. The van der Waals surface area contributed by atoms with Gasteiger partial charge in [-0.05, 0) is 51.9 Å². The van der Waals surface area contributed by atoms with Gasteiger partial charge in [-0.1, -0.05) is 0 Å². The molecule has 1 unspecified atom stereocenters. The average molecular weight is 234 g/mol. The largest absolute Gasteiger partial charge is 0.396 e. The summed E-state index contributed by atoms with van der Waals surface area (Å²) in [5.41, 5.74) is 7.63. The van der Waals surface area contributed by atoms with E-state index in [2.05, 4.69) is 22.1 Å². The quantitative estimate of drug-likeness (QED) is 0.835. The number of nitrogens with one attached hydrogen (secondary N) is 1. The predicted molar refractivity (Wildman–Crippen MR) is 72.1 cm³/mol. The molecule has 0 amide bonds. The van der Waals surface area contributed by atoms with Gasteiger partial charge in [-0.15, -0.1) is 0 Å². The second kappa shape index (κ2) is 5.36. The van der Waals surface area contributed by atoms with E-state index in [1.807, 2.05) is 19.1 Å². The molecule has 1 aliphatic rings. The van der Waals surface area contributed by atoms with E-state index in [-0.39, 0.29) is 0 Å². The Labute approximate surface area is 103 Å². The maximum absolute atomic E-state index is 5.91. The van der Waals surface area contributed by atoms with Crippen molar-refractivity contribution in [2.75, 3.05) is 30.7 Å². The number of nitrogens with two attached hydrogens (primary N) is 1. The Balaban J connectivity index is 1.92. The van der Waals surface area contributed by atoms with Crippen molar-refractivity contribution in [3.05, 3.63) is 17.8 Å². The predicted octanol–water partition coefficient (Wildman–Crippen LogP) is 1.87. The highest BCUT2D eigenvalue weighted by Crippen LogP contribution is 2.17. The first-order chi connectivity index (χ1) is 8.15. The molecule has 94 valence electrons. The molecule has 3 N–H and O–H groups in total. The minimum Gasteiger partial charge on any atom is -0.396 e. The molecule has 1 aromatic heterocycles. The van der Waals surface area contributed by atoms with Crippen LogP contribution in [0.5, 0.6) is 0 Å². The van der Waals surface area contributed by atoms with Gasteiger partial charge in [0.25, 0.3) is 0 Å². The van der Waals surface area contributed by atoms with E-state index in [1.54, 1.807) is 0 Å². The minimum absolute atomic E-state index is 0.379. The number of aryl methyl sites for hydroxylation is 1. The maximum atomic E-state index is 5.91. The Morgan fingerprint density at radius 2 is 2.12 bits per heavy atom. The van der Waals surface area contributed by atoms with Crippen LogP contribution in [0.25, 0.3) is 0 Å². The summed E-state index contributed by atoms with van der Waals surface area (Å²) in [7, 11) is 0. The van der Waals surface area contributed by atoms with E-state index in [0.29, 0.717) is 6.04 Å². The molecule has 4 heteroatoms. The number of hydrogen-bond donors (Lipinski definition) is 2. The van der Waals surface area contributed by atoms with Crippen molar-refractivity contribution in [1.82, 2.24) is 9.88 Å². The van der Waals surface area contributed by atoms with Crippen molar-refractivity contribution in [2.24, 2.45) is 0 Å². The lowest BCUT2D eigenvalue weighted by Crippen LogP contribution is -2.33. The molecule has 2 heterocycles. The molecule has 0 bridgehead atoms. The fraction of sp³-hybridized carbons (Fsp3) is 0.615. The summed E-state index contributed by atoms with van der Waals surface area (Å²) < 4.78 is 0. The van der Waals surface area contributed by atoms with Crippen LogP contribution in [0.4, 0.5) is 11.5 Å². The molecule has 1 saturated heterocycles. The number of likely N-dealkylation sites (tertiary alicyclic amines) is 1. The van der Waals surface area contributed by atoms with Gasteiger partial charge in [-0.3, -0.25) is 0 Å². The summed E-state index contributed by atoms with van der Waals surface area (Å²) >= 11 is 0. The third kappa shape index (κ3) is 3.33. The highest BCUT2D eigenvalue weighted by atomic mass is 15.2. The Bertz CT molecular complexity index is 372. The highest BCUT2D eigenvalue weighted by molar-refractivity contribution is 5.61. The van der Waals surface area contributed by atoms with Crippen LogP contribution in [0.3, 0.4) is 0 Å². The monoisotopic (exact) mass is 234 g/mol. The maximum Gasteiger partial charge on any atom is 0.149 e. The van der Waals surface area contributed by atoms with Crippen LogP contribution >= 0.6 is 0 Å². The minimum atomic E-state index is 0.379. The normalized spacial score (nSPS) is 18.2. The van der Waals surface area contributed by atoms with Gasteiger partial charge < -0.3 is 16.0 Å². The smallest absolute Gasteiger partial charge is 0.149 e. The summed E-state index contributed by atoms with van der Waals surface area (Å²) in [5.74, 6) is 0.816. The molecule has 1 fully saturated rings. The van der Waals surface area contributed by atoms with Gasteiger partial charge in [0, 0.05) is 18.3 Å². The van der Waals surface area contributed by atoms with Gasteiger partial charge >= 0.3 is 0 Å². The zero-order chi connectivity index (χ0) is 12.3. The van der Waals surface area contributed by atoms with Crippen molar-refractivity contribution in [2.45, 2.75) is 32.7 Å². The molecule has 17 heavy (non-hydrogen) atoms. The molecule has 2 rings (SSSR count). The van der Waals surface area contributed by atoms with Crippen molar-refractivity contribution in [3.63, 3.8) is 0 Å². The number of nitrogen functional groups attached to an aromatic ring is 1. The lowest BCUT2D eigenvalue weighted by Gasteiger charge is -2.22. The molecule has 0 spiro atoms. The van der Waals surface area contributed by atoms with E-state index in [4.69, 9.17) is 5.73 Å². The lowest BCUT2D eigenvalue weighted by molar-refractivity contribution is 0.327. The molecule has 1 atom stereocenters. The van der Waals surface area contributed by atoms with Crippen LogP contribution in [0.2, 0.25) is 0 Å². The Morgan fingerprint density at radius 3 is 2.82 bits per heavy atom. The fourth-order valence-corrected chi connectivity index (χ4v) is 2.31. The van der Waals surface area contributed by atoms with Crippen molar-refractivity contribution in [3.8, 4) is 0 Å². The van der Waals surface area contributed by atoms with Crippen LogP contribution in [-0.2, 0) is 0 Å². The van der Waals surface area contributed by atoms with Crippen LogP contribution in [-0.4, -0.2) is 35.6 Å². The van der Waals surface area contributed by atoms with Crippen LogP contribution < -0.4 is 11.1 Å². The third-order valence-corrected chi connectivity index (χ3v) is 3.18. The number of hydrogen-bond acceptors (Lipinski definition) is 4. The van der Waals surface area contributed by atoms with Gasteiger partial charge in [-0.25, -0.2) is 4.98 Å². The summed E-state index contributed by atoms with van der Waals surface area (Å²) in [6, 6.07) is 4.23. The van der Waals surface area contributed by atoms with Gasteiger partial charge in [0.1, 0.15) is 5.82 Å². The Hall–Kier alpha value is -1.29. The third-order valence-electron chi connectivity index (χ3n) is 3.18. The first kappa shape index (κ1) is 12.2. The number of anilines is 2. The van der Waals surface area contributed by atoms with E-state index < -0.39 is 0 Å². The van der Waals surface area contributed by atoms with Crippen LogP contribution in [0.15, 0.2) is 12.1 Å². The Morgan fingerprint density at radius 1 is 1.41 bits per heavy atom. The highest BCUT2D eigenvalue weighted by Gasteiger charge is 2.15. The van der Waals surface area contributed by atoms with Crippen LogP contribution in [0.1, 0.15) is 25.5 Å². The first-order valence-corrected chi connectivity index (χ1v) is 6.37. The molecule has 0 radical (unpaired) electrons. The summed E-state index contributed by atoms with van der Waals surface area (Å²) in [5, 5.41) is 3.40. The molecule has 1 aliphatic heterocycles. The molecular weight excluding hydrogens is 212 g/mol. The second-order valence-electron chi connectivity index (χ2n) is 4.94. The zero-order valence-electron chi connectivity index (χ0n) is 10.7. The zero-order valence-corrected chi connectivity index (χ0v) is 10.7. The number of aromatic nitrogens is 1. The van der Waals surface area contributed by atoms with E-state index in [9.17, 15) is 0 Å². The Kier molecular flexibility index (Phi) is 3.84. The van der Waals surface area contributed by atoms with Crippen LogP contribution in [0, 0.1) is 6.92 Å². The first-order valence-electron chi connectivity index (χ1n) is 6.37. The topological polar surface area (TPSA) is 54.2 Å². The van der Waals surface area contributed by atoms with Gasteiger partial charge in [-0.2, -0.15) is 0 Å². The molecule has 4 nitrogen and oxygen atoms in total. The van der Waals surface area contributed by atoms with Crippen molar-refractivity contribution in [1.29, 1.82) is 0 Å². The summed E-state index contributed by atoms with van der Waals surface area (Å²) in [6.07, 6.45) is 2.66. The van der Waals surface area contributed by atoms with Gasteiger partial charge in [0.15, 0.2) is 0 Å². The summed E-state index contributed by atoms with van der Waals surface area (Å²) in [6.45, 7) is 7.68. The van der Waals surface area contributed by atoms with E-state index >= 15 is 0 Å². The number of nitrogens with zero attached hydrogens (tertiary/aromatic N) is 2. The van der Waals surface area contributed by atoms with Crippen molar-refractivity contribution >= 4 is 11.5 Å². The lowest BCUT2D eigenvalue weighted by atomic mass is 10.3. The number of pyridine rings is 1. The fourth-order valence-electron chi connectivity index (χ4n) is 2.31. The average Bonchev–Trinajstić information content (AvgIpc) is 2.76. The van der Waals surface area contributed by atoms with Gasteiger partial charge in [0.05, 0.1) is 5.69 Å². The van der Waals surface area contributed by atoms with Crippen molar-refractivity contribution < 1.29 is 0 Å². The molecular formula is C13H22N4. The number of rotatable bonds is 4. The SMILES string of the molecule is Cc1ccc(N)c(NC(C)CN2CCCC2)n1. The summed E-state index contributed by atoms with van der Waals surface area (Å²) in [4.78, 5) is 6.92. The molecule has 0 aromatic carbocycles. The second-order valence-corrected chi connectivity index (χ2v) is 4.94. The van der Waals surface area contributed by atoms with Gasteiger partial charge in [0.2, 0.25) is 0 Å². The standard InChI is InChI=1S/C13H22N4/c1-10-5-6-12(14)13(15-10)16-11(2)9-17-7-3-4-8-17/h5-6,11H,3-4,7-9,14H2,1-2H3,(H,15,16). The van der Waals surface area contributed by atoms with E-state index in [0.717, 1.165) is 23.7 Å². The van der Waals surface area contributed by atoms with E-state index in [1.165, 1.54) is 25.9 Å².